The Bertz CT molecular complexity index is 405. The van der Waals surface area contributed by atoms with Crippen LogP contribution in [0, 0.1) is 0 Å². The molecule has 1 aromatic rings. The molecule has 0 aliphatic rings. The molecule has 0 bridgehead atoms. The average molecular weight is 256 g/mol. The lowest BCUT2D eigenvalue weighted by atomic mass is 10.2. The monoisotopic (exact) mass is 255 g/mol. The molecule has 0 saturated heterocycles. The Kier molecular flexibility index (Phi) is 5.16. The highest BCUT2D eigenvalue weighted by molar-refractivity contribution is 6.32. The van der Waals surface area contributed by atoms with E-state index >= 15 is 0 Å². The van der Waals surface area contributed by atoms with Crippen molar-refractivity contribution >= 4 is 17.3 Å². The van der Waals surface area contributed by atoms with Crippen LogP contribution in [0.1, 0.15) is 13.3 Å². The lowest BCUT2D eigenvalue weighted by Crippen LogP contribution is -2.03. The fourth-order valence-electron chi connectivity index (χ4n) is 1.41. The molecular weight excluding hydrogens is 238 g/mol. The molecule has 0 heterocycles. The lowest BCUT2D eigenvalue weighted by Gasteiger charge is -2.13. The minimum absolute atomic E-state index is 0.561. The second-order valence-corrected chi connectivity index (χ2v) is 4.23. The molecule has 0 aliphatic heterocycles. The van der Waals surface area contributed by atoms with Crippen molar-refractivity contribution < 1.29 is 9.47 Å². The van der Waals surface area contributed by atoms with Gasteiger partial charge >= 0.3 is 0 Å². The van der Waals surface area contributed by atoms with Gasteiger partial charge in [0.2, 0.25) is 0 Å². The molecule has 1 rings (SSSR count). The first-order chi connectivity index (χ1) is 8.08. The zero-order valence-electron chi connectivity index (χ0n) is 10.5. The van der Waals surface area contributed by atoms with Crippen molar-refractivity contribution in [2.75, 3.05) is 26.1 Å². The molecule has 0 fully saturated rings. The zero-order valence-corrected chi connectivity index (χ0v) is 11.2. The standard InChI is InChI=1S/C13H18ClNO2/c1-9(2)5-6-15-11-7-10(14)12(16-3)8-13(11)17-4/h7-8,15H,1,5-6H2,2-4H3. The van der Waals surface area contributed by atoms with Gasteiger partial charge < -0.3 is 14.8 Å². The van der Waals surface area contributed by atoms with Crippen LogP contribution in [0.15, 0.2) is 24.3 Å². The highest BCUT2D eigenvalue weighted by Crippen LogP contribution is 2.35. The molecule has 0 aromatic heterocycles. The van der Waals surface area contributed by atoms with Crippen LogP contribution in [0.4, 0.5) is 5.69 Å². The van der Waals surface area contributed by atoms with Crippen molar-refractivity contribution in [1.29, 1.82) is 0 Å². The molecule has 0 saturated carbocycles. The van der Waals surface area contributed by atoms with E-state index in [0.29, 0.717) is 16.5 Å². The van der Waals surface area contributed by atoms with Crippen molar-refractivity contribution in [2.45, 2.75) is 13.3 Å². The molecule has 0 atom stereocenters. The van der Waals surface area contributed by atoms with Crippen LogP contribution >= 0.6 is 11.6 Å². The van der Waals surface area contributed by atoms with Gasteiger partial charge in [-0.3, -0.25) is 0 Å². The maximum absolute atomic E-state index is 6.06. The van der Waals surface area contributed by atoms with Gasteiger partial charge in [0.25, 0.3) is 0 Å². The van der Waals surface area contributed by atoms with Gasteiger partial charge in [0.1, 0.15) is 11.5 Å². The second kappa shape index (κ2) is 6.40. The molecule has 0 radical (unpaired) electrons. The number of methoxy groups -OCH3 is 2. The first kappa shape index (κ1) is 13.7. The minimum Gasteiger partial charge on any atom is -0.495 e. The van der Waals surface area contributed by atoms with Gasteiger partial charge in [-0.15, -0.1) is 6.58 Å². The minimum atomic E-state index is 0.561. The van der Waals surface area contributed by atoms with E-state index in [1.807, 2.05) is 6.92 Å². The molecule has 0 unspecified atom stereocenters. The summed E-state index contributed by atoms with van der Waals surface area (Å²) in [6.07, 6.45) is 0.910. The summed E-state index contributed by atoms with van der Waals surface area (Å²) in [5.74, 6) is 1.32. The quantitative estimate of drug-likeness (QED) is 0.786. The summed E-state index contributed by atoms with van der Waals surface area (Å²) in [5.41, 5.74) is 2.00. The summed E-state index contributed by atoms with van der Waals surface area (Å²) < 4.78 is 10.4. The number of halogens is 1. The molecule has 1 aromatic carbocycles. The van der Waals surface area contributed by atoms with Gasteiger partial charge in [-0.05, 0) is 19.4 Å². The SMILES string of the molecule is C=C(C)CCNc1cc(Cl)c(OC)cc1OC. The first-order valence-electron chi connectivity index (χ1n) is 5.38. The van der Waals surface area contributed by atoms with Crippen LogP contribution < -0.4 is 14.8 Å². The van der Waals surface area contributed by atoms with E-state index in [-0.39, 0.29) is 0 Å². The maximum Gasteiger partial charge on any atom is 0.145 e. The molecule has 17 heavy (non-hydrogen) atoms. The van der Waals surface area contributed by atoms with E-state index in [1.54, 1.807) is 26.4 Å². The molecular formula is C13H18ClNO2. The number of benzene rings is 1. The van der Waals surface area contributed by atoms with E-state index in [9.17, 15) is 0 Å². The highest BCUT2D eigenvalue weighted by Gasteiger charge is 2.09. The van der Waals surface area contributed by atoms with Crippen LogP contribution in [-0.4, -0.2) is 20.8 Å². The number of anilines is 1. The van der Waals surface area contributed by atoms with Gasteiger partial charge in [-0.1, -0.05) is 17.2 Å². The molecule has 0 aliphatic carbocycles. The summed E-state index contributed by atoms with van der Waals surface area (Å²) in [6, 6.07) is 3.57. The van der Waals surface area contributed by atoms with E-state index in [2.05, 4.69) is 11.9 Å². The normalized spacial score (nSPS) is 9.88. The lowest BCUT2D eigenvalue weighted by molar-refractivity contribution is 0.395. The van der Waals surface area contributed by atoms with Crippen LogP contribution in [0.5, 0.6) is 11.5 Å². The van der Waals surface area contributed by atoms with Crippen LogP contribution in [0.3, 0.4) is 0 Å². The third-order valence-electron chi connectivity index (χ3n) is 2.34. The van der Waals surface area contributed by atoms with Gasteiger partial charge in [0.05, 0.1) is 24.9 Å². The van der Waals surface area contributed by atoms with Gasteiger partial charge in [0.15, 0.2) is 0 Å². The largest absolute Gasteiger partial charge is 0.495 e. The summed E-state index contributed by atoms with van der Waals surface area (Å²) >= 11 is 6.06. The van der Waals surface area contributed by atoms with Crippen molar-refractivity contribution in [3.05, 3.63) is 29.3 Å². The van der Waals surface area contributed by atoms with Gasteiger partial charge in [-0.2, -0.15) is 0 Å². The summed E-state index contributed by atoms with van der Waals surface area (Å²) in [5, 5.41) is 3.82. The summed E-state index contributed by atoms with van der Waals surface area (Å²) in [6.45, 7) is 6.66. The predicted molar refractivity (Wildman–Crippen MR) is 72.5 cm³/mol. The number of nitrogens with one attached hydrogen (secondary N) is 1. The zero-order chi connectivity index (χ0) is 12.8. The van der Waals surface area contributed by atoms with Crippen molar-refractivity contribution in [3.8, 4) is 11.5 Å². The molecule has 94 valence electrons. The maximum atomic E-state index is 6.06. The Morgan fingerprint density at radius 2 is 1.94 bits per heavy atom. The Morgan fingerprint density at radius 1 is 1.29 bits per heavy atom. The first-order valence-corrected chi connectivity index (χ1v) is 5.76. The number of hydrogen-bond donors (Lipinski definition) is 1. The van der Waals surface area contributed by atoms with Crippen LogP contribution in [0.2, 0.25) is 5.02 Å². The van der Waals surface area contributed by atoms with E-state index in [4.69, 9.17) is 21.1 Å². The van der Waals surface area contributed by atoms with Crippen molar-refractivity contribution in [1.82, 2.24) is 0 Å². The second-order valence-electron chi connectivity index (χ2n) is 3.82. The fraction of sp³-hybridized carbons (Fsp3) is 0.385. The highest BCUT2D eigenvalue weighted by atomic mass is 35.5. The van der Waals surface area contributed by atoms with Crippen LogP contribution in [0.25, 0.3) is 0 Å². The predicted octanol–water partition coefficient (Wildman–Crippen LogP) is 3.74. The summed E-state index contributed by atoms with van der Waals surface area (Å²) in [7, 11) is 3.20. The number of rotatable bonds is 6. The van der Waals surface area contributed by atoms with Gasteiger partial charge in [-0.25, -0.2) is 0 Å². The third kappa shape index (κ3) is 3.86. The summed E-state index contributed by atoms with van der Waals surface area (Å²) in [4.78, 5) is 0. The van der Waals surface area contributed by atoms with E-state index < -0.39 is 0 Å². The van der Waals surface area contributed by atoms with E-state index in [1.165, 1.54) is 0 Å². The number of hydrogen-bond acceptors (Lipinski definition) is 3. The molecule has 0 amide bonds. The Hall–Kier alpha value is -1.35. The molecule has 4 heteroatoms. The van der Waals surface area contributed by atoms with Crippen molar-refractivity contribution in [2.24, 2.45) is 0 Å². The smallest absolute Gasteiger partial charge is 0.145 e. The molecule has 1 N–H and O–H groups in total. The fourth-order valence-corrected chi connectivity index (χ4v) is 1.65. The molecule has 3 nitrogen and oxygen atoms in total. The topological polar surface area (TPSA) is 30.5 Å². The average Bonchev–Trinajstić information content (AvgIpc) is 2.29. The Balaban J connectivity index is 2.83. The third-order valence-corrected chi connectivity index (χ3v) is 2.64. The van der Waals surface area contributed by atoms with Gasteiger partial charge in [0, 0.05) is 12.6 Å². The van der Waals surface area contributed by atoms with Crippen molar-refractivity contribution in [3.63, 3.8) is 0 Å². The Labute approximate surface area is 107 Å². The van der Waals surface area contributed by atoms with Crippen LogP contribution in [-0.2, 0) is 0 Å². The number of ether oxygens (including phenoxy) is 2. The molecule has 0 spiro atoms. The van der Waals surface area contributed by atoms with E-state index in [0.717, 1.165) is 24.2 Å². The Morgan fingerprint density at radius 3 is 2.47 bits per heavy atom.